The van der Waals surface area contributed by atoms with Crippen LogP contribution in [0.2, 0.25) is 0 Å². The number of hydrogen-bond donors (Lipinski definition) is 0. The average molecular weight is 407 g/mol. The Morgan fingerprint density at radius 1 is 0.393 bits per heavy atom. The molecule has 0 aliphatic heterocycles. The number of unbranched alkanes of at least 4 members (excludes halogenated alkanes) is 18. The van der Waals surface area contributed by atoms with Crippen LogP contribution in [0.25, 0.3) is 0 Å². The topological polar surface area (TPSA) is 9.23 Å². The summed E-state index contributed by atoms with van der Waals surface area (Å²) in [6, 6.07) is 0. The van der Waals surface area contributed by atoms with Crippen LogP contribution in [-0.4, -0.2) is 42.8 Å². The summed E-state index contributed by atoms with van der Waals surface area (Å²) in [6.45, 7) is 12.6. The molecule has 0 spiro atoms. The minimum absolute atomic E-state index is 0. The van der Waals surface area contributed by atoms with E-state index in [0.29, 0.717) is 0 Å². The van der Waals surface area contributed by atoms with Crippen molar-refractivity contribution in [2.75, 3.05) is 13.2 Å². The zero-order valence-corrected chi connectivity index (χ0v) is 19.4. The molecule has 0 radical (unpaired) electrons. The molecule has 0 saturated heterocycles. The first-order chi connectivity index (χ1) is 13.4. The van der Waals surface area contributed by atoms with Crippen molar-refractivity contribution in [3.63, 3.8) is 0 Å². The van der Waals surface area contributed by atoms with E-state index in [1.54, 1.807) is 0 Å². The molecule has 0 rings (SSSR count). The summed E-state index contributed by atoms with van der Waals surface area (Å²) < 4.78 is 5.78. The van der Waals surface area contributed by atoms with Gasteiger partial charge in [-0.15, -0.1) is 13.2 Å². The van der Waals surface area contributed by atoms with Gasteiger partial charge in [0.2, 0.25) is 0 Å². The van der Waals surface area contributed by atoms with Crippen LogP contribution in [0.1, 0.15) is 142 Å². The summed E-state index contributed by atoms with van der Waals surface area (Å²) in [5.41, 5.74) is 0. The first-order valence-electron chi connectivity index (χ1n) is 12.5. The van der Waals surface area contributed by atoms with Gasteiger partial charge in [0.05, 0.1) is 0 Å². The van der Waals surface area contributed by atoms with Crippen LogP contribution >= 0.6 is 0 Å². The molecule has 0 aromatic heterocycles. The SMILES string of the molecule is C=C.CCCCCCCCCCCCOCCCCCCCCCCCC.[NaH]. The monoisotopic (exact) mass is 406 g/mol. The third kappa shape index (κ3) is 34.2. The molecule has 0 aromatic carbocycles. The van der Waals surface area contributed by atoms with E-state index in [4.69, 9.17) is 4.74 Å². The molecule has 0 unspecified atom stereocenters. The molecule has 0 fully saturated rings. The maximum absolute atomic E-state index is 5.78. The second kappa shape index (κ2) is 35.2. The van der Waals surface area contributed by atoms with Crippen molar-refractivity contribution < 1.29 is 4.74 Å². The molecule has 0 saturated carbocycles. The molecule has 0 amide bonds. The van der Waals surface area contributed by atoms with Gasteiger partial charge in [0.15, 0.2) is 0 Å². The summed E-state index contributed by atoms with van der Waals surface area (Å²) in [5.74, 6) is 0. The Hall–Kier alpha value is 0.700. The third-order valence-corrected chi connectivity index (χ3v) is 5.28. The van der Waals surface area contributed by atoms with E-state index in [0.717, 1.165) is 13.2 Å². The fourth-order valence-corrected chi connectivity index (χ4v) is 3.49. The fraction of sp³-hybridized carbons (Fsp3) is 0.923. The van der Waals surface area contributed by atoms with Gasteiger partial charge < -0.3 is 4.74 Å². The summed E-state index contributed by atoms with van der Waals surface area (Å²) in [5, 5.41) is 0. The van der Waals surface area contributed by atoms with Gasteiger partial charge in [-0.3, -0.25) is 0 Å². The van der Waals surface area contributed by atoms with Gasteiger partial charge in [0, 0.05) is 13.2 Å². The molecule has 1 nitrogen and oxygen atoms in total. The molecule has 0 aliphatic rings. The van der Waals surface area contributed by atoms with E-state index in [1.807, 2.05) is 0 Å². The molecule has 0 N–H and O–H groups in total. The number of ether oxygens (including phenoxy) is 1. The van der Waals surface area contributed by atoms with Crippen LogP contribution in [0.5, 0.6) is 0 Å². The molecule has 2 heteroatoms. The average Bonchev–Trinajstić information content (AvgIpc) is 2.70. The molecule has 166 valence electrons. The number of rotatable bonds is 22. The zero-order chi connectivity index (χ0) is 20.3. The van der Waals surface area contributed by atoms with Crippen molar-refractivity contribution in [2.24, 2.45) is 0 Å². The van der Waals surface area contributed by atoms with Gasteiger partial charge in [-0.1, -0.05) is 129 Å². The van der Waals surface area contributed by atoms with Crippen molar-refractivity contribution in [2.45, 2.75) is 142 Å². The summed E-state index contributed by atoms with van der Waals surface area (Å²) in [6.07, 6.45) is 28.2. The van der Waals surface area contributed by atoms with Crippen molar-refractivity contribution >= 4 is 29.6 Å². The summed E-state index contributed by atoms with van der Waals surface area (Å²) in [4.78, 5) is 0. The van der Waals surface area contributed by atoms with Crippen LogP contribution in [0, 0.1) is 0 Å². The third-order valence-electron chi connectivity index (χ3n) is 5.28. The van der Waals surface area contributed by atoms with Gasteiger partial charge in [-0.2, -0.15) is 0 Å². The van der Waals surface area contributed by atoms with Crippen molar-refractivity contribution in [3.05, 3.63) is 13.2 Å². The standard InChI is InChI=1S/C24H50O.C2H4.Na.H/c1-3-5-7-9-11-13-15-17-19-21-23-25-24-22-20-18-16-14-12-10-8-6-4-2;1-2;;/h3-24H2,1-2H3;1-2H2;;. The quantitative estimate of drug-likeness (QED) is 0.0989. The van der Waals surface area contributed by atoms with Gasteiger partial charge in [-0.05, 0) is 12.8 Å². The van der Waals surface area contributed by atoms with Crippen LogP contribution < -0.4 is 0 Å². The van der Waals surface area contributed by atoms with E-state index in [-0.39, 0.29) is 29.6 Å². The molecule has 0 heterocycles. The molecular weight excluding hydrogens is 351 g/mol. The Kier molecular flexibility index (Phi) is 41.9. The Labute approximate surface area is 202 Å². The van der Waals surface area contributed by atoms with Crippen LogP contribution in [0.15, 0.2) is 13.2 Å². The van der Waals surface area contributed by atoms with Gasteiger partial charge in [0.1, 0.15) is 0 Å². The van der Waals surface area contributed by atoms with Crippen molar-refractivity contribution in [1.29, 1.82) is 0 Å². The molecular formula is C26H55NaO. The Balaban J connectivity index is -0.00000201. The maximum atomic E-state index is 5.78. The van der Waals surface area contributed by atoms with E-state index >= 15 is 0 Å². The molecule has 0 aromatic rings. The molecule has 0 aliphatic carbocycles. The normalized spacial score (nSPS) is 10.2. The predicted octanol–water partition coefficient (Wildman–Crippen LogP) is 9.00. The first-order valence-corrected chi connectivity index (χ1v) is 12.5. The van der Waals surface area contributed by atoms with Crippen LogP contribution in [-0.2, 0) is 4.74 Å². The van der Waals surface area contributed by atoms with Crippen molar-refractivity contribution in [3.8, 4) is 0 Å². The van der Waals surface area contributed by atoms with Crippen LogP contribution in [0.3, 0.4) is 0 Å². The first kappa shape index (κ1) is 33.3. The van der Waals surface area contributed by atoms with Crippen molar-refractivity contribution in [1.82, 2.24) is 0 Å². The molecule has 0 atom stereocenters. The van der Waals surface area contributed by atoms with E-state index in [1.165, 1.54) is 128 Å². The number of hydrogen-bond acceptors (Lipinski definition) is 1. The Morgan fingerprint density at radius 3 is 0.857 bits per heavy atom. The second-order valence-corrected chi connectivity index (χ2v) is 7.98. The van der Waals surface area contributed by atoms with Gasteiger partial charge in [-0.25, -0.2) is 0 Å². The Morgan fingerprint density at radius 2 is 0.607 bits per heavy atom. The minimum atomic E-state index is 0. The van der Waals surface area contributed by atoms with Gasteiger partial charge in [0.25, 0.3) is 0 Å². The second-order valence-electron chi connectivity index (χ2n) is 7.98. The van der Waals surface area contributed by atoms with Crippen LogP contribution in [0.4, 0.5) is 0 Å². The van der Waals surface area contributed by atoms with E-state index < -0.39 is 0 Å². The fourth-order valence-electron chi connectivity index (χ4n) is 3.49. The zero-order valence-electron chi connectivity index (χ0n) is 19.4. The molecule has 0 bridgehead atoms. The molecule has 28 heavy (non-hydrogen) atoms. The van der Waals surface area contributed by atoms with E-state index in [2.05, 4.69) is 27.0 Å². The summed E-state index contributed by atoms with van der Waals surface area (Å²) in [7, 11) is 0. The summed E-state index contributed by atoms with van der Waals surface area (Å²) >= 11 is 0. The van der Waals surface area contributed by atoms with Gasteiger partial charge >= 0.3 is 29.6 Å². The Bertz CT molecular complexity index is 210. The van der Waals surface area contributed by atoms with E-state index in [9.17, 15) is 0 Å². The predicted molar refractivity (Wildman–Crippen MR) is 133 cm³/mol.